The average molecular weight is 264 g/mol. The van der Waals surface area contributed by atoms with E-state index in [4.69, 9.17) is 0 Å². The fraction of sp³-hybridized carbons (Fsp3) is 0.118. The Morgan fingerprint density at radius 3 is 2.55 bits per heavy atom. The molecule has 0 amide bonds. The summed E-state index contributed by atoms with van der Waals surface area (Å²) in [6.45, 7) is 0. The number of para-hydroxylation sites is 1. The summed E-state index contributed by atoms with van der Waals surface area (Å²) in [5.41, 5.74) is 3.16. The minimum absolute atomic E-state index is 0.0561. The maximum absolute atomic E-state index is 11.9. The van der Waals surface area contributed by atoms with E-state index >= 15 is 0 Å². The first-order chi connectivity index (χ1) is 9.66. The van der Waals surface area contributed by atoms with Gasteiger partial charge in [-0.2, -0.15) is 0 Å². The molecule has 0 saturated heterocycles. The summed E-state index contributed by atoms with van der Waals surface area (Å²) in [6.07, 6.45) is 1.83. The van der Waals surface area contributed by atoms with Gasteiger partial charge in [0.15, 0.2) is 5.43 Å². The van der Waals surface area contributed by atoms with Crippen LogP contribution in [0.3, 0.4) is 0 Å². The van der Waals surface area contributed by atoms with Crippen molar-refractivity contribution in [3.8, 4) is 5.69 Å². The minimum Gasteiger partial charge on any atom is -0.378 e. The minimum atomic E-state index is 0.0561. The Morgan fingerprint density at radius 1 is 0.950 bits per heavy atom. The summed E-state index contributed by atoms with van der Waals surface area (Å²) in [7, 11) is 4.03. The molecule has 0 aliphatic rings. The fourth-order valence-corrected chi connectivity index (χ4v) is 2.35. The Hall–Kier alpha value is -2.55. The standard InChI is InChI=1S/C17H16N2O/c1-18(2)13-6-5-7-14(12-13)19-11-10-17(20)15-8-3-4-9-16(15)19/h3-12H,1-2H3. The summed E-state index contributed by atoms with van der Waals surface area (Å²) in [5, 5.41) is 0.741. The fourth-order valence-electron chi connectivity index (χ4n) is 2.35. The van der Waals surface area contributed by atoms with Crippen LogP contribution in [0.2, 0.25) is 0 Å². The molecule has 0 atom stereocenters. The van der Waals surface area contributed by atoms with Gasteiger partial charge in [-0.25, -0.2) is 0 Å². The van der Waals surface area contributed by atoms with Gasteiger partial charge in [0, 0.05) is 43.1 Å². The molecule has 3 heteroatoms. The van der Waals surface area contributed by atoms with Gasteiger partial charge in [-0.05, 0) is 30.3 Å². The SMILES string of the molecule is CN(C)c1cccc(-n2ccc(=O)c3ccccc32)c1. The summed E-state index contributed by atoms with van der Waals surface area (Å²) >= 11 is 0. The second-order valence-electron chi connectivity index (χ2n) is 4.98. The highest BCUT2D eigenvalue weighted by atomic mass is 16.1. The lowest BCUT2D eigenvalue weighted by Gasteiger charge is -2.16. The van der Waals surface area contributed by atoms with Gasteiger partial charge in [0.25, 0.3) is 0 Å². The molecule has 3 rings (SSSR count). The van der Waals surface area contributed by atoms with Gasteiger partial charge in [-0.15, -0.1) is 0 Å². The molecule has 0 fully saturated rings. The molecule has 0 N–H and O–H groups in total. The van der Waals surface area contributed by atoms with Crippen LogP contribution in [-0.4, -0.2) is 18.7 Å². The molecule has 20 heavy (non-hydrogen) atoms. The molecular weight excluding hydrogens is 248 g/mol. The number of anilines is 1. The van der Waals surface area contributed by atoms with Crippen molar-refractivity contribution in [3.05, 3.63) is 71.0 Å². The normalized spacial score (nSPS) is 10.7. The Morgan fingerprint density at radius 2 is 1.75 bits per heavy atom. The Kier molecular flexibility index (Phi) is 3.03. The Balaban J connectivity index is 2.27. The summed E-state index contributed by atoms with van der Waals surface area (Å²) in [5.74, 6) is 0. The van der Waals surface area contributed by atoms with E-state index in [1.165, 1.54) is 0 Å². The molecule has 0 bridgehead atoms. The van der Waals surface area contributed by atoms with Crippen molar-refractivity contribution in [1.82, 2.24) is 4.57 Å². The van der Waals surface area contributed by atoms with E-state index in [2.05, 4.69) is 17.0 Å². The first-order valence-corrected chi connectivity index (χ1v) is 6.55. The van der Waals surface area contributed by atoms with Gasteiger partial charge in [-0.1, -0.05) is 18.2 Å². The molecule has 0 aliphatic carbocycles. The molecule has 0 saturated carbocycles. The van der Waals surface area contributed by atoms with Gasteiger partial charge in [0.2, 0.25) is 0 Å². The van der Waals surface area contributed by atoms with Crippen LogP contribution in [0.15, 0.2) is 65.6 Å². The van der Waals surface area contributed by atoms with Gasteiger partial charge < -0.3 is 9.47 Å². The smallest absolute Gasteiger partial charge is 0.189 e. The van der Waals surface area contributed by atoms with Crippen LogP contribution >= 0.6 is 0 Å². The van der Waals surface area contributed by atoms with E-state index in [0.717, 1.165) is 22.3 Å². The molecular formula is C17H16N2O. The molecule has 3 aromatic rings. The molecule has 3 nitrogen and oxygen atoms in total. The summed E-state index contributed by atoms with van der Waals surface area (Å²) < 4.78 is 2.05. The first-order valence-electron chi connectivity index (χ1n) is 6.55. The predicted molar refractivity (Wildman–Crippen MR) is 83.9 cm³/mol. The third kappa shape index (κ3) is 2.07. The van der Waals surface area contributed by atoms with E-state index in [1.54, 1.807) is 6.07 Å². The van der Waals surface area contributed by atoms with Crippen LogP contribution in [0.5, 0.6) is 0 Å². The zero-order chi connectivity index (χ0) is 14.1. The van der Waals surface area contributed by atoms with Crippen molar-refractivity contribution in [3.63, 3.8) is 0 Å². The van der Waals surface area contributed by atoms with Gasteiger partial charge in [0.05, 0.1) is 5.52 Å². The van der Waals surface area contributed by atoms with Crippen LogP contribution in [0.4, 0.5) is 5.69 Å². The first kappa shape index (κ1) is 12.5. The molecule has 0 spiro atoms. The molecule has 100 valence electrons. The highest BCUT2D eigenvalue weighted by molar-refractivity contribution is 5.80. The molecule has 1 aromatic heterocycles. The van der Waals surface area contributed by atoms with Crippen molar-refractivity contribution in [2.45, 2.75) is 0 Å². The lowest BCUT2D eigenvalue weighted by molar-refractivity contribution is 1.08. The van der Waals surface area contributed by atoms with Crippen molar-refractivity contribution in [2.24, 2.45) is 0 Å². The number of aromatic nitrogens is 1. The maximum Gasteiger partial charge on any atom is 0.189 e. The Labute approximate surface area is 117 Å². The van der Waals surface area contributed by atoms with Gasteiger partial charge in [0.1, 0.15) is 0 Å². The lowest BCUT2D eigenvalue weighted by atomic mass is 10.2. The quantitative estimate of drug-likeness (QED) is 0.710. The van der Waals surface area contributed by atoms with Crippen molar-refractivity contribution in [1.29, 1.82) is 0 Å². The molecule has 0 radical (unpaired) electrons. The van der Waals surface area contributed by atoms with Crippen LogP contribution in [-0.2, 0) is 0 Å². The molecule has 1 heterocycles. The van der Waals surface area contributed by atoms with Gasteiger partial charge >= 0.3 is 0 Å². The van der Waals surface area contributed by atoms with Crippen LogP contribution in [0.1, 0.15) is 0 Å². The number of nitrogens with zero attached hydrogens (tertiary/aromatic N) is 2. The summed E-state index contributed by atoms with van der Waals surface area (Å²) in [6, 6.07) is 17.5. The number of fused-ring (bicyclic) bond motifs is 1. The largest absolute Gasteiger partial charge is 0.378 e. The van der Waals surface area contributed by atoms with Gasteiger partial charge in [-0.3, -0.25) is 4.79 Å². The van der Waals surface area contributed by atoms with E-state index in [-0.39, 0.29) is 5.43 Å². The van der Waals surface area contributed by atoms with E-state index in [0.29, 0.717) is 0 Å². The number of hydrogen-bond donors (Lipinski definition) is 0. The van der Waals surface area contributed by atoms with E-state index in [1.807, 2.05) is 61.3 Å². The summed E-state index contributed by atoms with van der Waals surface area (Å²) in [4.78, 5) is 14.0. The van der Waals surface area contributed by atoms with Crippen molar-refractivity contribution in [2.75, 3.05) is 19.0 Å². The number of benzene rings is 2. The van der Waals surface area contributed by atoms with Crippen LogP contribution < -0.4 is 10.3 Å². The zero-order valence-electron chi connectivity index (χ0n) is 11.6. The second kappa shape index (κ2) is 4.85. The van der Waals surface area contributed by atoms with E-state index < -0.39 is 0 Å². The molecule has 0 aliphatic heterocycles. The van der Waals surface area contributed by atoms with Crippen molar-refractivity contribution >= 4 is 16.6 Å². The predicted octanol–water partition coefficient (Wildman–Crippen LogP) is 3.06. The topological polar surface area (TPSA) is 25.2 Å². The van der Waals surface area contributed by atoms with Crippen LogP contribution in [0, 0.1) is 0 Å². The lowest BCUT2D eigenvalue weighted by Crippen LogP contribution is -2.10. The van der Waals surface area contributed by atoms with E-state index in [9.17, 15) is 4.79 Å². The number of hydrogen-bond acceptors (Lipinski definition) is 2. The highest BCUT2D eigenvalue weighted by Gasteiger charge is 2.05. The number of rotatable bonds is 2. The zero-order valence-corrected chi connectivity index (χ0v) is 11.6. The highest BCUT2D eigenvalue weighted by Crippen LogP contribution is 2.20. The number of pyridine rings is 1. The molecule has 0 unspecified atom stereocenters. The second-order valence-corrected chi connectivity index (χ2v) is 4.98. The molecule has 2 aromatic carbocycles. The monoisotopic (exact) mass is 264 g/mol. The van der Waals surface area contributed by atoms with Crippen molar-refractivity contribution < 1.29 is 0 Å². The third-order valence-electron chi connectivity index (χ3n) is 3.43. The maximum atomic E-state index is 11.9. The third-order valence-corrected chi connectivity index (χ3v) is 3.43. The average Bonchev–Trinajstić information content (AvgIpc) is 2.48. The van der Waals surface area contributed by atoms with Crippen LogP contribution in [0.25, 0.3) is 16.6 Å². The Bertz CT molecular complexity index is 818.